The number of hydrogen-bond donors (Lipinski definition) is 1. The third-order valence-electron chi connectivity index (χ3n) is 3.18. The average molecular weight is 249 g/mol. The Morgan fingerprint density at radius 3 is 3.06 bits per heavy atom. The van der Waals surface area contributed by atoms with E-state index in [1.807, 2.05) is 19.1 Å². The van der Waals surface area contributed by atoms with E-state index in [1.54, 1.807) is 13.2 Å². The second kappa shape index (κ2) is 5.87. The van der Waals surface area contributed by atoms with Crippen LogP contribution in [0.4, 0.5) is 0 Å². The maximum absolute atomic E-state index is 12.0. The first kappa shape index (κ1) is 12.9. The molecule has 0 radical (unpaired) electrons. The Balaban J connectivity index is 1.95. The molecule has 4 nitrogen and oxygen atoms in total. The Kier molecular flexibility index (Phi) is 4.20. The molecule has 1 aliphatic heterocycles. The Hall–Kier alpha value is -1.55. The molecule has 1 aromatic rings. The molecule has 1 aliphatic rings. The van der Waals surface area contributed by atoms with Crippen molar-refractivity contribution < 1.29 is 14.3 Å². The van der Waals surface area contributed by atoms with Crippen molar-refractivity contribution in [2.75, 3.05) is 20.3 Å². The van der Waals surface area contributed by atoms with Crippen molar-refractivity contribution in [1.29, 1.82) is 0 Å². The van der Waals surface area contributed by atoms with Crippen molar-refractivity contribution in [2.45, 2.75) is 25.9 Å². The Morgan fingerprint density at radius 2 is 2.39 bits per heavy atom. The third kappa shape index (κ3) is 3.01. The lowest BCUT2D eigenvalue weighted by molar-refractivity contribution is 0.0857. The van der Waals surface area contributed by atoms with Crippen LogP contribution in [-0.4, -0.2) is 32.3 Å². The zero-order chi connectivity index (χ0) is 13.0. The highest BCUT2D eigenvalue weighted by Crippen LogP contribution is 2.19. The smallest absolute Gasteiger partial charge is 0.251 e. The van der Waals surface area contributed by atoms with E-state index in [0.29, 0.717) is 12.1 Å². The van der Waals surface area contributed by atoms with E-state index in [-0.39, 0.29) is 12.0 Å². The highest BCUT2D eigenvalue weighted by atomic mass is 16.5. The van der Waals surface area contributed by atoms with Gasteiger partial charge < -0.3 is 14.8 Å². The zero-order valence-corrected chi connectivity index (χ0v) is 10.9. The number of nitrogens with one attached hydrogen (secondary N) is 1. The Bertz CT molecular complexity index is 425. The molecular formula is C14H19NO3. The first-order chi connectivity index (χ1) is 8.70. The molecule has 1 aromatic carbocycles. The topological polar surface area (TPSA) is 47.6 Å². The summed E-state index contributed by atoms with van der Waals surface area (Å²) in [5.41, 5.74) is 1.64. The van der Waals surface area contributed by atoms with Crippen molar-refractivity contribution in [3.05, 3.63) is 29.3 Å². The summed E-state index contributed by atoms with van der Waals surface area (Å²) in [4.78, 5) is 12.0. The Labute approximate surface area is 107 Å². The van der Waals surface area contributed by atoms with E-state index < -0.39 is 0 Å². The summed E-state index contributed by atoms with van der Waals surface area (Å²) in [7, 11) is 1.61. The molecule has 0 aliphatic carbocycles. The van der Waals surface area contributed by atoms with Crippen molar-refractivity contribution >= 4 is 5.91 Å². The zero-order valence-electron chi connectivity index (χ0n) is 10.9. The number of carbonyl (C=O) groups is 1. The number of ether oxygens (including phenoxy) is 2. The van der Waals surface area contributed by atoms with Crippen LogP contribution in [0, 0.1) is 6.92 Å². The predicted molar refractivity (Wildman–Crippen MR) is 69.0 cm³/mol. The number of methoxy groups -OCH3 is 1. The molecule has 0 spiro atoms. The van der Waals surface area contributed by atoms with E-state index in [1.165, 1.54) is 0 Å². The number of amides is 1. The molecule has 18 heavy (non-hydrogen) atoms. The first-order valence-electron chi connectivity index (χ1n) is 6.25. The van der Waals surface area contributed by atoms with Crippen molar-refractivity contribution in [1.82, 2.24) is 5.32 Å². The van der Waals surface area contributed by atoms with Gasteiger partial charge in [-0.15, -0.1) is 0 Å². The lowest BCUT2D eigenvalue weighted by Gasteiger charge is -2.12. The number of carbonyl (C=O) groups excluding carboxylic acids is 1. The SMILES string of the molecule is COc1cc(C(=O)NCC2CCCO2)ccc1C. The summed E-state index contributed by atoms with van der Waals surface area (Å²) in [5, 5.41) is 2.89. The summed E-state index contributed by atoms with van der Waals surface area (Å²) in [6.45, 7) is 3.33. The lowest BCUT2D eigenvalue weighted by Crippen LogP contribution is -2.31. The van der Waals surface area contributed by atoms with Gasteiger partial charge in [-0.25, -0.2) is 0 Å². The van der Waals surface area contributed by atoms with Gasteiger partial charge in [0.2, 0.25) is 0 Å². The quantitative estimate of drug-likeness (QED) is 0.886. The highest BCUT2D eigenvalue weighted by Gasteiger charge is 2.16. The fourth-order valence-electron chi connectivity index (χ4n) is 2.08. The van der Waals surface area contributed by atoms with Crippen LogP contribution in [0.25, 0.3) is 0 Å². The number of hydrogen-bond acceptors (Lipinski definition) is 3. The highest BCUT2D eigenvalue weighted by molar-refractivity contribution is 5.94. The minimum atomic E-state index is -0.0798. The monoisotopic (exact) mass is 249 g/mol. The standard InChI is InChI=1S/C14H19NO3/c1-10-5-6-11(8-13(10)17-2)14(16)15-9-12-4-3-7-18-12/h5-6,8,12H,3-4,7,9H2,1-2H3,(H,15,16). The van der Waals surface area contributed by atoms with Gasteiger partial charge in [-0.05, 0) is 37.5 Å². The number of benzene rings is 1. The molecular weight excluding hydrogens is 230 g/mol. The molecule has 1 unspecified atom stereocenters. The molecule has 4 heteroatoms. The molecule has 1 heterocycles. The fourth-order valence-corrected chi connectivity index (χ4v) is 2.08. The van der Waals surface area contributed by atoms with Gasteiger partial charge in [0, 0.05) is 18.7 Å². The van der Waals surface area contributed by atoms with Crippen LogP contribution in [0.2, 0.25) is 0 Å². The minimum Gasteiger partial charge on any atom is -0.496 e. The maximum atomic E-state index is 12.0. The molecule has 1 amide bonds. The van der Waals surface area contributed by atoms with Gasteiger partial charge >= 0.3 is 0 Å². The van der Waals surface area contributed by atoms with Crippen molar-refractivity contribution in [2.24, 2.45) is 0 Å². The number of rotatable bonds is 4. The van der Waals surface area contributed by atoms with Crippen LogP contribution in [-0.2, 0) is 4.74 Å². The van der Waals surface area contributed by atoms with E-state index in [0.717, 1.165) is 30.8 Å². The van der Waals surface area contributed by atoms with Crippen LogP contribution >= 0.6 is 0 Å². The number of aryl methyl sites for hydroxylation is 1. The molecule has 1 fully saturated rings. The van der Waals surface area contributed by atoms with Gasteiger partial charge in [0.05, 0.1) is 13.2 Å². The lowest BCUT2D eigenvalue weighted by atomic mass is 10.1. The summed E-state index contributed by atoms with van der Waals surface area (Å²) in [6.07, 6.45) is 2.28. The first-order valence-corrected chi connectivity index (χ1v) is 6.25. The van der Waals surface area contributed by atoms with Crippen molar-refractivity contribution in [3.63, 3.8) is 0 Å². The molecule has 0 saturated carbocycles. The second-order valence-electron chi connectivity index (χ2n) is 4.53. The largest absolute Gasteiger partial charge is 0.496 e. The second-order valence-corrected chi connectivity index (χ2v) is 4.53. The van der Waals surface area contributed by atoms with E-state index in [4.69, 9.17) is 9.47 Å². The van der Waals surface area contributed by atoms with E-state index in [2.05, 4.69) is 5.32 Å². The minimum absolute atomic E-state index is 0.0798. The van der Waals surface area contributed by atoms with Crippen molar-refractivity contribution in [3.8, 4) is 5.75 Å². The van der Waals surface area contributed by atoms with Gasteiger partial charge in [-0.1, -0.05) is 6.07 Å². The van der Waals surface area contributed by atoms with Crippen LogP contribution in [0.15, 0.2) is 18.2 Å². The maximum Gasteiger partial charge on any atom is 0.251 e. The summed E-state index contributed by atoms with van der Waals surface area (Å²) in [5.74, 6) is 0.656. The molecule has 0 aromatic heterocycles. The van der Waals surface area contributed by atoms with Gasteiger partial charge in [0.15, 0.2) is 0 Å². The van der Waals surface area contributed by atoms with Gasteiger partial charge in [0.25, 0.3) is 5.91 Å². The average Bonchev–Trinajstić information content (AvgIpc) is 2.89. The van der Waals surface area contributed by atoms with Gasteiger partial charge in [-0.2, -0.15) is 0 Å². The molecule has 1 N–H and O–H groups in total. The third-order valence-corrected chi connectivity index (χ3v) is 3.18. The van der Waals surface area contributed by atoms with Crippen LogP contribution in [0.1, 0.15) is 28.8 Å². The summed E-state index contributed by atoms with van der Waals surface area (Å²) >= 11 is 0. The van der Waals surface area contributed by atoms with Gasteiger partial charge in [-0.3, -0.25) is 4.79 Å². The molecule has 1 saturated heterocycles. The summed E-state index contributed by atoms with van der Waals surface area (Å²) < 4.78 is 10.7. The molecule has 2 rings (SSSR count). The molecule has 98 valence electrons. The normalized spacial score (nSPS) is 18.7. The van der Waals surface area contributed by atoms with Crippen LogP contribution in [0.5, 0.6) is 5.75 Å². The summed E-state index contributed by atoms with van der Waals surface area (Å²) in [6, 6.07) is 5.46. The van der Waals surface area contributed by atoms with Gasteiger partial charge in [0.1, 0.15) is 5.75 Å². The predicted octanol–water partition coefficient (Wildman–Crippen LogP) is 1.91. The van der Waals surface area contributed by atoms with E-state index >= 15 is 0 Å². The Morgan fingerprint density at radius 1 is 1.56 bits per heavy atom. The molecule has 1 atom stereocenters. The van der Waals surface area contributed by atoms with Crippen LogP contribution in [0.3, 0.4) is 0 Å². The molecule has 0 bridgehead atoms. The van der Waals surface area contributed by atoms with E-state index in [9.17, 15) is 4.79 Å². The van der Waals surface area contributed by atoms with Crippen LogP contribution < -0.4 is 10.1 Å². The fraction of sp³-hybridized carbons (Fsp3) is 0.500.